The van der Waals surface area contributed by atoms with E-state index in [1.165, 1.54) is 0 Å². The Morgan fingerprint density at radius 3 is 2.74 bits per heavy atom. The van der Waals surface area contributed by atoms with Crippen molar-refractivity contribution in [2.45, 2.75) is 13.5 Å². The largest absolute Gasteiger partial charge is 0.341 e. The molecule has 0 aliphatic carbocycles. The molecule has 3 rings (SSSR count). The number of carbonyl (C=O) groups is 1. The van der Waals surface area contributed by atoms with E-state index in [4.69, 9.17) is 0 Å². The van der Waals surface area contributed by atoms with Gasteiger partial charge >= 0.3 is 0 Å². The first-order chi connectivity index (χ1) is 11.2. The molecular weight excluding hydrogens is 308 g/mol. The van der Waals surface area contributed by atoms with Crippen molar-refractivity contribution in [1.29, 1.82) is 0 Å². The molecule has 0 unspecified atom stereocenters. The summed E-state index contributed by atoms with van der Waals surface area (Å²) in [6.45, 7) is 6.30. The van der Waals surface area contributed by atoms with E-state index in [1.807, 2.05) is 30.0 Å². The average molecular weight is 332 g/mol. The normalized spacial score (nSPS) is 17.6. The number of nitrogens with zero attached hydrogens (tertiary/aromatic N) is 3. The third kappa shape index (κ3) is 3.87. The highest BCUT2D eigenvalue weighted by Gasteiger charge is 2.24. The Labute approximate surface area is 141 Å². The van der Waals surface area contributed by atoms with Gasteiger partial charge in [0.1, 0.15) is 5.82 Å². The molecule has 1 atom stereocenters. The summed E-state index contributed by atoms with van der Waals surface area (Å²) in [7, 11) is 0. The van der Waals surface area contributed by atoms with Gasteiger partial charge in [0.05, 0.1) is 17.6 Å². The van der Waals surface area contributed by atoms with Gasteiger partial charge in [-0.25, -0.2) is 4.98 Å². The summed E-state index contributed by atoms with van der Waals surface area (Å²) >= 11 is 1.74. The van der Waals surface area contributed by atoms with E-state index >= 15 is 0 Å². The predicted molar refractivity (Wildman–Crippen MR) is 95.5 cm³/mol. The van der Waals surface area contributed by atoms with Crippen LogP contribution in [0.2, 0.25) is 0 Å². The van der Waals surface area contributed by atoms with E-state index in [-0.39, 0.29) is 5.92 Å². The Kier molecular flexibility index (Phi) is 5.23. The maximum atomic E-state index is 12.3. The van der Waals surface area contributed by atoms with Crippen molar-refractivity contribution in [2.75, 3.05) is 38.2 Å². The minimum atomic E-state index is 0.118. The summed E-state index contributed by atoms with van der Waals surface area (Å²) in [4.78, 5) is 24.7. The van der Waals surface area contributed by atoms with Gasteiger partial charge in [-0.3, -0.25) is 9.69 Å². The third-order valence-electron chi connectivity index (χ3n) is 4.33. The van der Waals surface area contributed by atoms with Crippen LogP contribution in [0.1, 0.15) is 12.7 Å². The number of thioether (sulfide) groups is 1. The number of piperazine rings is 1. The van der Waals surface area contributed by atoms with E-state index in [0.29, 0.717) is 5.91 Å². The Balaban J connectivity index is 1.53. The molecule has 1 saturated heterocycles. The van der Waals surface area contributed by atoms with E-state index in [9.17, 15) is 4.79 Å². The number of para-hydroxylation sites is 2. The lowest BCUT2D eigenvalue weighted by molar-refractivity contribution is -0.136. The molecule has 5 nitrogen and oxygen atoms in total. The average Bonchev–Trinajstić information content (AvgIpc) is 2.97. The van der Waals surface area contributed by atoms with Gasteiger partial charge in [-0.15, -0.1) is 0 Å². The molecular formula is C17H24N4OS. The number of aromatic nitrogens is 2. The molecule has 0 saturated carbocycles. The lowest BCUT2D eigenvalue weighted by Crippen LogP contribution is -2.50. The highest BCUT2D eigenvalue weighted by atomic mass is 32.2. The fraction of sp³-hybridized carbons (Fsp3) is 0.529. The van der Waals surface area contributed by atoms with Crippen molar-refractivity contribution in [2.24, 2.45) is 5.92 Å². The molecule has 23 heavy (non-hydrogen) atoms. The third-order valence-corrected chi connectivity index (χ3v) is 5.17. The number of imidazole rings is 1. The van der Waals surface area contributed by atoms with Crippen LogP contribution in [0, 0.1) is 5.92 Å². The van der Waals surface area contributed by atoms with Crippen LogP contribution in [0.4, 0.5) is 0 Å². The summed E-state index contributed by atoms with van der Waals surface area (Å²) in [6, 6.07) is 8.10. The minimum Gasteiger partial charge on any atom is -0.341 e. The number of H-pyrrole nitrogens is 1. The number of rotatable bonds is 5. The maximum absolute atomic E-state index is 12.3. The van der Waals surface area contributed by atoms with E-state index in [1.54, 1.807) is 11.8 Å². The van der Waals surface area contributed by atoms with Crippen LogP contribution in [0.25, 0.3) is 11.0 Å². The molecule has 2 heterocycles. The zero-order chi connectivity index (χ0) is 16.2. The van der Waals surface area contributed by atoms with Crippen molar-refractivity contribution in [3.05, 3.63) is 30.1 Å². The molecule has 1 amide bonds. The highest BCUT2D eigenvalue weighted by Crippen LogP contribution is 2.14. The number of nitrogens with one attached hydrogen (secondary N) is 1. The number of fused-ring (bicyclic) bond motifs is 1. The van der Waals surface area contributed by atoms with Crippen molar-refractivity contribution >= 4 is 28.7 Å². The molecule has 1 aliphatic heterocycles. The quantitative estimate of drug-likeness (QED) is 0.912. The highest BCUT2D eigenvalue weighted by molar-refractivity contribution is 7.98. The summed E-state index contributed by atoms with van der Waals surface area (Å²) in [5.41, 5.74) is 2.10. The molecule has 1 N–H and O–H groups in total. The second-order valence-corrected chi connectivity index (χ2v) is 7.07. The van der Waals surface area contributed by atoms with Gasteiger partial charge in [0.2, 0.25) is 5.91 Å². The number of aromatic amines is 1. The zero-order valence-electron chi connectivity index (χ0n) is 13.8. The van der Waals surface area contributed by atoms with Gasteiger partial charge in [0.15, 0.2) is 0 Å². The van der Waals surface area contributed by atoms with Crippen molar-refractivity contribution < 1.29 is 4.79 Å². The van der Waals surface area contributed by atoms with Crippen LogP contribution in [0.5, 0.6) is 0 Å². The van der Waals surface area contributed by atoms with Crippen LogP contribution in [0.3, 0.4) is 0 Å². The van der Waals surface area contributed by atoms with Gasteiger partial charge in [0.25, 0.3) is 0 Å². The van der Waals surface area contributed by atoms with Gasteiger partial charge in [0, 0.05) is 37.8 Å². The number of hydrogen-bond donors (Lipinski definition) is 1. The lowest BCUT2D eigenvalue weighted by Gasteiger charge is -2.35. The summed E-state index contributed by atoms with van der Waals surface area (Å²) in [5.74, 6) is 2.31. The first-order valence-electron chi connectivity index (χ1n) is 8.11. The Hall–Kier alpha value is -1.53. The van der Waals surface area contributed by atoms with Gasteiger partial charge in [-0.2, -0.15) is 11.8 Å². The molecule has 2 aromatic rings. The predicted octanol–water partition coefficient (Wildman–Crippen LogP) is 2.21. The van der Waals surface area contributed by atoms with E-state index in [0.717, 1.165) is 55.3 Å². The van der Waals surface area contributed by atoms with Crippen molar-refractivity contribution in [1.82, 2.24) is 19.8 Å². The number of benzene rings is 1. The molecule has 1 aromatic carbocycles. The molecule has 124 valence electrons. The number of hydrogen-bond acceptors (Lipinski definition) is 4. The fourth-order valence-corrected chi connectivity index (χ4v) is 3.69. The van der Waals surface area contributed by atoms with Crippen LogP contribution < -0.4 is 0 Å². The second kappa shape index (κ2) is 7.36. The molecule has 0 bridgehead atoms. The van der Waals surface area contributed by atoms with Gasteiger partial charge < -0.3 is 9.88 Å². The first kappa shape index (κ1) is 16.3. The van der Waals surface area contributed by atoms with Crippen LogP contribution in [-0.4, -0.2) is 63.9 Å². The summed E-state index contributed by atoms with van der Waals surface area (Å²) in [5, 5.41) is 0. The standard InChI is InChI=1S/C17H24N4OS/c1-13(12-23-2)17(22)21-9-7-20(8-10-21)11-16-18-14-5-3-4-6-15(14)19-16/h3-6,13H,7-12H2,1-2H3,(H,18,19)/t13-/m1/s1. The summed E-state index contributed by atoms with van der Waals surface area (Å²) < 4.78 is 0. The molecule has 1 fully saturated rings. The molecule has 0 spiro atoms. The van der Waals surface area contributed by atoms with Crippen LogP contribution in [0.15, 0.2) is 24.3 Å². The first-order valence-corrected chi connectivity index (χ1v) is 9.50. The van der Waals surface area contributed by atoms with Crippen LogP contribution >= 0.6 is 11.8 Å². The SMILES string of the molecule is CSC[C@@H](C)C(=O)N1CCN(Cc2nc3ccccc3[nH]2)CC1. The molecule has 1 aliphatic rings. The molecule has 1 aromatic heterocycles. The zero-order valence-corrected chi connectivity index (χ0v) is 14.6. The topological polar surface area (TPSA) is 52.2 Å². The Bertz CT molecular complexity index is 630. The van der Waals surface area contributed by atoms with Crippen molar-refractivity contribution in [3.63, 3.8) is 0 Å². The maximum Gasteiger partial charge on any atom is 0.226 e. The van der Waals surface area contributed by atoms with Gasteiger partial charge in [-0.1, -0.05) is 19.1 Å². The van der Waals surface area contributed by atoms with E-state index in [2.05, 4.69) is 27.2 Å². The molecule has 6 heteroatoms. The summed E-state index contributed by atoms with van der Waals surface area (Å²) in [6.07, 6.45) is 2.05. The Morgan fingerprint density at radius 1 is 1.30 bits per heavy atom. The molecule has 0 radical (unpaired) electrons. The minimum absolute atomic E-state index is 0.118. The number of carbonyl (C=O) groups excluding carboxylic acids is 1. The van der Waals surface area contributed by atoms with Crippen LogP contribution in [-0.2, 0) is 11.3 Å². The second-order valence-electron chi connectivity index (χ2n) is 6.16. The van der Waals surface area contributed by atoms with Crippen molar-refractivity contribution in [3.8, 4) is 0 Å². The van der Waals surface area contributed by atoms with E-state index < -0.39 is 0 Å². The van der Waals surface area contributed by atoms with Gasteiger partial charge in [-0.05, 0) is 18.4 Å². The number of amides is 1. The fourth-order valence-electron chi connectivity index (χ4n) is 3.05. The smallest absolute Gasteiger partial charge is 0.226 e. The lowest BCUT2D eigenvalue weighted by atomic mass is 10.1. The monoisotopic (exact) mass is 332 g/mol. The Morgan fingerprint density at radius 2 is 2.04 bits per heavy atom.